The number of para-hydroxylation sites is 1. The van der Waals surface area contributed by atoms with E-state index in [-0.39, 0.29) is 36.5 Å². The van der Waals surface area contributed by atoms with Gasteiger partial charge >= 0.3 is 0 Å². The lowest BCUT2D eigenvalue weighted by Gasteiger charge is -2.38. The number of nitrogens with zero attached hydrogens (tertiary/aromatic N) is 3. The van der Waals surface area contributed by atoms with Gasteiger partial charge in [0.15, 0.2) is 5.75 Å². The highest BCUT2D eigenvalue weighted by Gasteiger charge is 2.34. The van der Waals surface area contributed by atoms with Crippen LogP contribution in [-0.2, 0) is 6.54 Å². The number of pyridine rings is 1. The Morgan fingerprint density at radius 1 is 1.16 bits per heavy atom. The van der Waals surface area contributed by atoms with Gasteiger partial charge in [-0.05, 0) is 43.8 Å². The highest BCUT2D eigenvalue weighted by Crippen LogP contribution is 2.35. The van der Waals surface area contributed by atoms with Crippen LogP contribution in [0.5, 0.6) is 5.75 Å². The Morgan fingerprint density at radius 3 is 2.59 bits per heavy atom. The molecule has 4 rings (SSSR count). The van der Waals surface area contributed by atoms with Crippen molar-refractivity contribution in [2.75, 3.05) is 32.1 Å². The molecule has 0 saturated heterocycles. The lowest BCUT2D eigenvalue weighted by Crippen LogP contribution is -2.49. The number of anilines is 1. The van der Waals surface area contributed by atoms with Crippen LogP contribution in [0.1, 0.15) is 40.1 Å². The second-order valence-corrected chi connectivity index (χ2v) is 9.68. The van der Waals surface area contributed by atoms with Gasteiger partial charge < -0.3 is 20.1 Å². The lowest BCUT2D eigenvalue weighted by atomic mass is 9.98. The topological polar surface area (TPSA) is 95.0 Å². The van der Waals surface area contributed by atoms with Gasteiger partial charge in [0.2, 0.25) is 0 Å². The molecule has 37 heavy (non-hydrogen) atoms. The first kappa shape index (κ1) is 26.3. The molecule has 0 saturated carbocycles. The van der Waals surface area contributed by atoms with Gasteiger partial charge in [-0.2, -0.15) is 0 Å². The number of ether oxygens (including phenoxy) is 1. The first-order chi connectivity index (χ1) is 17.9. The number of aromatic nitrogens is 1. The van der Waals surface area contributed by atoms with E-state index in [0.29, 0.717) is 35.7 Å². The third-order valence-corrected chi connectivity index (χ3v) is 6.67. The summed E-state index contributed by atoms with van der Waals surface area (Å²) in [6.07, 6.45) is 2.84. The molecule has 194 valence electrons. The Kier molecular flexibility index (Phi) is 8.53. The molecule has 1 aliphatic heterocycles. The van der Waals surface area contributed by atoms with Gasteiger partial charge in [0, 0.05) is 43.5 Å². The predicted molar refractivity (Wildman–Crippen MR) is 143 cm³/mol. The Bertz CT molecular complexity index is 1210. The average Bonchev–Trinajstić information content (AvgIpc) is 2.91. The summed E-state index contributed by atoms with van der Waals surface area (Å²) in [7, 11) is 2.04. The van der Waals surface area contributed by atoms with E-state index < -0.39 is 0 Å². The van der Waals surface area contributed by atoms with Crippen LogP contribution in [0.2, 0.25) is 0 Å². The molecule has 2 aromatic carbocycles. The van der Waals surface area contributed by atoms with Crippen LogP contribution in [0.25, 0.3) is 0 Å². The zero-order valence-electron chi connectivity index (χ0n) is 21.5. The van der Waals surface area contributed by atoms with E-state index in [1.54, 1.807) is 47.6 Å². The van der Waals surface area contributed by atoms with Crippen molar-refractivity contribution >= 4 is 17.5 Å². The fourth-order valence-electron chi connectivity index (χ4n) is 4.52. The van der Waals surface area contributed by atoms with Crippen molar-refractivity contribution in [3.63, 3.8) is 0 Å². The molecule has 0 fully saturated rings. The van der Waals surface area contributed by atoms with Crippen molar-refractivity contribution in [2.45, 2.75) is 32.5 Å². The number of amides is 2. The summed E-state index contributed by atoms with van der Waals surface area (Å²) in [6, 6.07) is 18.3. The number of carbonyl (C=O) groups is 2. The predicted octanol–water partition coefficient (Wildman–Crippen LogP) is 3.69. The zero-order chi connectivity index (χ0) is 26.4. The molecule has 1 aliphatic rings. The van der Waals surface area contributed by atoms with Gasteiger partial charge in [0.25, 0.3) is 11.8 Å². The van der Waals surface area contributed by atoms with Crippen LogP contribution in [0.15, 0.2) is 73.1 Å². The van der Waals surface area contributed by atoms with E-state index in [1.165, 1.54) is 5.56 Å². The van der Waals surface area contributed by atoms with Crippen molar-refractivity contribution < 1.29 is 19.4 Å². The molecular weight excluding hydrogens is 468 g/mol. The molecule has 1 aromatic heterocycles. The number of carbonyl (C=O) groups excluding carboxylic acids is 2. The molecule has 0 spiro atoms. The Morgan fingerprint density at radius 2 is 1.89 bits per heavy atom. The molecule has 8 heteroatoms. The largest absolute Gasteiger partial charge is 0.486 e. The van der Waals surface area contributed by atoms with Gasteiger partial charge in [-0.1, -0.05) is 43.3 Å². The van der Waals surface area contributed by atoms with Gasteiger partial charge in [0.05, 0.1) is 23.9 Å². The molecule has 8 nitrogen and oxygen atoms in total. The Hall–Kier alpha value is -3.75. The molecule has 0 unspecified atom stereocenters. The van der Waals surface area contributed by atoms with Crippen LogP contribution in [0.3, 0.4) is 0 Å². The molecular formula is C29H34N4O4. The molecule has 3 atom stereocenters. The summed E-state index contributed by atoms with van der Waals surface area (Å²) >= 11 is 0. The number of rotatable bonds is 8. The maximum Gasteiger partial charge on any atom is 0.258 e. The Labute approximate surface area is 217 Å². The normalized spacial score (nSPS) is 18.4. The molecule has 0 radical (unpaired) electrons. The van der Waals surface area contributed by atoms with E-state index in [1.807, 2.05) is 32.2 Å². The van der Waals surface area contributed by atoms with Crippen LogP contribution in [0.4, 0.5) is 5.69 Å². The lowest BCUT2D eigenvalue weighted by molar-refractivity contribution is 0.0343. The van der Waals surface area contributed by atoms with Crippen molar-refractivity contribution in [2.24, 2.45) is 5.92 Å². The van der Waals surface area contributed by atoms with E-state index in [2.05, 4.69) is 34.3 Å². The summed E-state index contributed by atoms with van der Waals surface area (Å²) in [5.74, 6) is -0.247. The minimum atomic E-state index is -0.362. The molecule has 2 N–H and O–H groups in total. The second kappa shape index (κ2) is 12.0. The number of hydrogen-bond acceptors (Lipinski definition) is 6. The van der Waals surface area contributed by atoms with Crippen LogP contribution >= 0.6 is 0 Å². The molecule has 2 amide bonds. The number of fused-ring (bicyclic) bond motifs is 1. The quantitative estimate of drug-likeness (QED) is 0.488. The maximum absolute atomic E-state index is 13.6. The van der Waals surface area contributed by atoms with E-state index in [9.17, 15) is 14.7 Å². The highest BCUT2D eigenvalue weighted by molar-refractivity contribution is 6.07. The van der Waals surface area contributed by atoms with Gasteiger partial charge in [-0.15, -0.1) is 0 Å². The molecule has 3 aromatic rings. The summed E-state index contributed by atoms with van der Waals surface area (Å²) < 4.78 is 6.58. The third kappa shape index (κ3) is 6.34. The third-order valence-electron chi connectivity index (χ3n) is 6.67. The first-order valence-electron chi connectivity index (χ1n) is 12.5. The number of benzene rings is 2. The summed E-state index contributed by atoms with van der Waals surface area (Å²) in [5, 5.41) is 12.8. The van der Waals surface area contributed by atoms with Crippen molar-refractivity contribution in [3.05, 3.63) is 89.7 Å². The number of hydrogen-bond donors (Lipinski definition) is 2. The number of likely N-dealkylation sites (N-methyl/N-ethyl adjacent to an activating group) is 1. The molecule has 0 aliphatic carbocycles. The highest BCUT2D eigenvalue weighted by atomic mass is 16.5. The smallest absolute Gasteiger partial charge is 0.258 e. The van der Waals surface area contributed by atoms with Crippen molar-refractivity contribution in [1.29, 1.82) is 0 Å². The first-order valence-corrected chi connectivity index (χ1v) is 12.5. The van der Waals surface area contributed by atoms with Crippen molar-refractivity contribution in [1.82, 2.24) is 14.8 Å². The molecule has 2 heterocycles. The summed E-state index contributed by atoms with van der Waals surface area (Å²) in [5.41, 5.74) is 2.43. The standard InChI is InChI=1S/C29H34N4O4/c1-20-16-33(21(2)19-34)29(36)24-10-7-11-25(31-28(35)23-12-14-30-15-13-23)27(24)37-26(20)18-32(3)17-22-8-5-4-6-9-22/h4-15,20-21,26,34H,16-19H2,1-3H3,(H,31,35)/t20-,21+,26+/m0/s1. The van der Waals surface area contributed by atoms with Crippen molar-refractivity contribution in [3.8, 4) is 5.75 Å². The summed E-state index contributed by atoms with van der Waals surface area (Å²) in [4.78, 5) is 34.4. The van der Waals surface area contributed by atoms with Gasteiger partial charge in [-0.25, -0.2) is 0 Å². The number of aliphatic hydroxyl groups excluding tert-OH is 1. The zero-order valence-corrected chi connectivity index (χ0v) is 21.5. The van der Waals surface area contributed by atoms with Gasteiger partial charge in [0.1, 0.15) is 6.10 Å². The van der Waals surface area contributed by atoms with Gasteiger partial charge in [-0.3, -0.25) is 19.5 Å². The van der Waals surface area contributed by atoms with E-state index >= 15 is 0 Å². The number of nitrogens with one attached hydrogen (secondary N) is 1. The average molecular weight is 503 g/mol. The van der Waals surface area contributed by atoms with Crippen LogP contribution in [-0.4, -0.2) is 70.6 Å². The minimum Gasteiger partial charge on any atom is -0.486 e. The number of aliphatic hydroxyl groups is 1. The fraction of sp³-hybridized carbons (Fsp3) is 0.345. The molecule has 0 bridgehead atoms. The minimum absolute atomic E-state index is 0.0340. The second-order valence-electron chi connectivity index (χ2n) is 9.68. The Balaban J connectivity index is 1.67. The van der Waals surface area contributed by atoms with E-state index in [0.717, 1.165) is 6.54 Å². The summed E-state index contributed by atoms with van der Waals surface area (Å²) in [6.45, 7) is 5.53. The SMILES string of the molecule is C[C@H](CO)N1C[C@H](C)[C@@H](CN(C)Cc2ccccc2)Oc2c(NC(=O)c3ccncc3)cccc2C1=O. The van der Waals surface area contributed by atoms with Crippen LogP contribution in [0, 0.1) is 5.92 Å². The monoisotopic (exact) mass is 502 g/mol. The van der Waals surface area contributed by atoms with E-state index in [4.69, 9.17) is 4.74 Å². The van der Waals surface area contributed by atoms with Crippen LogP contribution < -0.4 is 10.1 Å². The fourth-order valence-corrected chi connectivity index (χ4v) is 4.52. The maximum atomic E-state index is 13.6.